The number of rotatable bonds is 1. The second-order valence-corrected chi connectivity index (χ2v) is 3.59. The molecule has 0 saturated heterocycles. The Balaban J connectivity index is 2.15. The van der Waals surface area contributed by atoms with Crippen molar-refractivity contribution in [2.45, 2.75) is 37.7 Å². The van der Waals surface area contributed by atoms with Crippen molar-refractivity contribution in [3.63, 3.8) is 0 Å². The predicted molar refractivity (Wildman–Crippen MR) is 49.2 cm³/mol. The normalized spacial score (nSPS) is 28.7. The van der Waals surface area contributed by atoms with Crippen LogP contribution in [0.1, 0.15) is 37.3 Å². The summed E-state index contributed by atoms with van der Waals surface area (Å²) < 4.78 is 0. The zero-order valence-electron chi connectivity index (χ0n) is 7.56. The van der Waals surface area contributed by atoms with Gasteiger partial charge >= 0.3 is 0 Å². The third-order valence-corrected chi connectivity index (χ3v) is 2.69. The summed E-state index contributed by atoms with van der Waals surface area (Å²) in [6.07, 6.45) is 9.18. The third kappa shape index (κ3) is 1.86. The van der Waals surface area contributed by atoms with Crippen molar-refractivity contribution in [1.82, 2.24) is 9.97 Å². The molecule has 0 bridgehead atoms. The van der Waals surface area contributed by atoms with Crippen molar-refractivity contribution in [3.05, 3.63) is 24.3 Å². The fourth-order valence-electron chi connectivity index (χ4n) is 1.96. The van der Waals surface area contributed by atoms with Crippen LogP contribution in [-0.2, 0) is 0 Å². The standard InChI is InChI=1S/C10H14N2O/c13-10-4-2-1-3-8(10)9-7-11-5-6-12-9/h5-8,10,13H,1-4H2/t8-,10+/m0/s1. The molecule has 0 spiro atoms. The molecule has 2 rings (SSSR count). The molecular weight excluding hydrogens is 164 g/mol. The summed E-state index contributed by atoms with van der Waals surface area (Å²) >= 11 is 0. The van der Waals surface area contributed by atoms with E-state index in [1.165, 1.54) is 6.42 Å². The molecule has 1 heterocycles. The van der Waals surface area contributed by atoms with E-state index in [0.717, 1.165) is 25.0 Å². The van der Waals surface area contributed by atoms with Crippen LogP contribution in [0.25, 0.3) is 0 Å². The van der Waals surface area contributed by atoms with Gasteiger partial charge in [-0.2, -0.15) is 0 Å². The summed E-state index contributed by atoms with van der Waals surface area (Å²) in [5.41, 5.74) is 0.940. The first kappa shape index (κ1) is 8.63. The summed E-state index contributed by atoms with van der Waals surface area (Å²) in [7, 11) is 0. The van der Waals surface area contributed by atoms with Crippen LogP contribution in [0.4, 0.5) is 0 Å². The zero-order valence-corrected chi connectivity index (χ0v) is 7.56. The van der Waals surface area contributed by atoms with Crippen LogP contribution in [0, 0.1) is 0 Å². The van der Waals surface area contributed by atoms with Gasteiger partial charge in [0.2, 0.25) is 0 Å². The Hall–Kier alpha value is -0.960. The monoisotopic (exact) mass is 178 g/mol. The molecule has 3 heteroatoms. The summed E-state index contributed by atoms with van der Waals surface area (Å²) in [5.74, 6) is 0.211. The Morgan fingerprint density at radius 1 is 1.23 bits per heavy atom. The van der Waals surface area contributed by atoms with Crippen molar-refractivity contribution >= 4 is 0 Å². The fourth-order valence-corrected chi connectivity index (χ4v) is 1.96. The highest BCUT2D eigenvalue weighted by Crippen LogP contribution is 2.31. The number of aliphatic hydroxyl groups is 1. The van der Waals surface area contributed by atoms with Crippen molar-refractivity contribution in [2.24, 2.45) is 0 Å². The van der Waals surface area contributed by atoms with Gasteiger partial charge in [-0.05, 0) is 12.8 Å². The minimum absolute atomic E-state index is 0.211. The maximum atomic E-state index is 9.75. The highest BCUT2D eigenvalue weighted by molar-refractivity contribution is 5.06. The second-order valence-electron chi connectivity index (χ2n) is 3.59. The van der Waals surface area contributed by atoms with Gasteiger partial charge in [0.25, 0.3) is 0 Å². The number of hydrogen-bond acceptors (Lipinski definition) is 3. The van der Waals surface area contributed by atoms with Gasteiger partial charge < -0.3 is 5.11 Å². The van der Waals surface area contributed by atoms with Crippen molar-refractivity contribution < 1.29 is 5.11 Å². The average Bonchev–Trinajstić information content (AvgIpc) is 2.20. The molecule has 70 valence electrons. The van der Waals surface area contributed by atoms with E-state index in [2.05, 4.69) is 9.97 Å². The highest BCUT2D eigenvalue weighted by Gasteiger charge is 2.25. The highest BCUT2D eigenvalue weighted by atomic mass is 16.3. The van der Waals surface area contributed by atoms with Gasteiger partial charge in [-0.3, -0.25) is 9.97 Å². The van der Waals surface area contributed by atoms with Gasteiger partial charge in [-0.1, -0.05) is 12.8 Å². The lowest BCUT2D eigenvalue weighted by Gasteiger charge is -2.26. The van der Waals surface area contributed by atoms with Crippen LogP contribution in [0.5, 0.6) is 0 Å². The first-order valence-corrected chi connectivity index (χ1v) is 4.82. The van der Waals surface area contributed by atoms with Crippen LogP contribution in [0.2, 0.25) is 0 Å². The van der Waals surface area contributed by atoms with Crippen LogP contribution < -0.4 is 0 Å². The summed E-state index contributed by atoms with van der Waals surface area (Å²) in [5, 5.41) is 9.75. The topological polar surface area (TPSA) is 46.0 Å². The van der Waals surface area contributed by atoms with Crippen LogP contribution in [-0.4, -0.2) is 21.2 Å². The van der Waals surface area contributed by atoms with E-state index in [1.54, 1.807) is 18.6 Å². The van der Waals surface area contributed by atoms with Crippen LogP contribution >= 0.6 is 0 Å². The van der Waals surface area contributed by atoms with Gasteiger partial charge in [0.05, 0.1) is 11.8 Å². The molecule has 1 fully saturated rings. The quantitative estimate of drug-likeness (QED) is 0.708. The second kappa shape index (κ2) is 3.83. The Labute approximate surface area is 77.8 Å². The molecule has 13 heavy (non-hydrogen) atoms. The number of aromatic nitrogens is 2. The molecule has 1 aromatic heterocycles. The number of nitrogens with zero attached hydrogens (tertiary/aromatic N) is 2. The van der Waals surface area contributed by atoms with E-state index < -0.39 is 0 Å². The average molecular weight is 178 g/mol. The molecule has 0 radical (unpaired) electrons. The van der Waals surface area contributed by atoms with Crippen molar-refractivity contribution in [1.29, 1.82) is 0 Å². The largest absolute Gasteiger partial charge is 0.392 e. The Kier molecular flexibility index (Phi) is 2.54. The Morgan fingerprint density at radius 2 is 2.08 bits per heavy atom. The fraction of sp³-hybridized carbons (Fsp3) is 0.600. The minimum Gasteiger partial charge on any atom is -0.392 e. The van der Waals surface area contributed by atoms with E-state index in [1.807, 2.05) is 0 Å². The van der Waals surface area contributed by atoms with Crippen molar-refractivity contribution in [3.8, 4) is 0 Å². The lowest BCUT2D eigenvalue weighted by atomic mass is 9.84. The molecule has 1 aliphatic rings. The van der Waals surface area contributed by atoms with E-state index in [0.29, 0.717) is 0 Å². The summed E-state index contributed by atoms with van der Waals surface area (Å²) in [6.45, 7) is 0. The smallest absolute Gasteiger partial charge is 0.0643 e. The van der Waals surface area contributed by atoms with E-state index in [-0.39, 0.29) is 12.0 Å². The van der Waals surface area contributed by atoms with Gasteiger partial charge in [-0.15, -0.1) is 0 Å². The molecule has 1 saturated carbocycles. The maximum absolute atomic E-state index is 9.75. The molecule has 0 unspecified atom stereocenters. The summed E-state index contributed by atoms with van der Waals surface area (Å²) in [6, 6.07) is 0. The number of hydrogen-bond donors (Lipinski definition) is 1. The molecule has 2 atom stereocenters. The van der Waals surface area contributed by atoms with Gasteiger partial charge in [0, 0.05) is 24.5 Å². The SMILES string of the molecule is O[C@@H]1CCCC[C@H]1c1cnccn1. The van der Waals surface area contributed by atoms with E-state index >= 15 is 0 Å². The molecule has 1 aliphatic carbocycles. The Morgan fingerprint density at radius 3 is 2.77 bits per heavy atom. The molecule has 0 aromatic carbocycles. The van der Waals surface area contributed by atoms with Crippen LogP contribution in [0.3, 0.4) is 0 Å². The molecule has 1 N–H and O–H groups in total. The molecule has 0 aliphatic heterocycles. The molecule has 3 nitrogen and oxygen atoms in total. The van der Waals surface area contributed by atoms with Gasteiger partial charge in [-0.25, -0.2) is 0 Å². The molecular formula is C10H14N2O. The Bertz CT molecular complexity index is 263. The molecule has 0 amide bonds. The van der Waals surface area contributed by atoms with E-state index in [9.17, 15) is 5.11 Å². The zero-order chi connectivity index (χ0) is 9.10. The lowest BCUT2D eigenvalue weighted by Crippen LogP contribution is -2.23. The maximum Gasteiger partial charge on any atom is 0.0643 e. The first-order chi connectivity index (χ1) is 6.38. The minimum atomic E-state index is -0.217. The lowest BCUT2D eigenvalue weighted by molar-refractivity contribution is 0.104. The predicted octanol–water partition coefficient (Wildman–Crippen LogP) is 1.50. The van der Waals surface area contributed by atoms with Crippen LogP contribution in [0.15, 0.2) is 18.6 Å². The van der Waals surface area contributed by atoms with E-state index in [4.69, 9.17) is 0 Å². The third-order valence-electron chi connectivity index (χ3n) is 2.69. The summed E-state index contributed by atoms with van der Waals surface area (Å²) in [4.78, 5) is 8.25. The number of aliphatic hydroxyl groups excluding tert-OH is 1. The van der Waals surface area contributed by atoms with Crippen molar-refractivity contribution in [2.75, 3.05) is 0 Å². The molecule has 1 aromatic rings. The van der Waals surface area contributed by atoms with Gasteiger partial charge in [0.1, 0.15) is 0 Å². The van der Waals surface area contributed by atoms with Gasteiger partial charge in [0.15, 0.2) is 0 Å². The first-order valence-electron chi connectivity index (χ1n) is 4.82.